The van der Waals surface area contributed by atoms with E-state index in [1.807, 2.05) is 0 Å². The van der Waals surface area contributed by atoms with E-state index in [-0.39, 0.29) is 0 Å². The summed E-state index contributed by atoms with van der Waals surface area (Å²) in [5.41, 5.74) is 0. The van der Waals surface area contributed by atoms with Crippen molar-refractivity contribution >= 4 is 0 Å². The summed E-state index contributed by atoms with van der Waals surface area (Å²) in [7, 11) is 0. The first-order valence-corrected chi connectivity index (χ1v) is 6.70. The molecule has 0 aromatic carbocycles. The fraction of sp³-hybridized carbons (Fsp3) is 1.00. The van der Waals surface area contributed by atoms with Crippen molar-refractivity contribution in [3.8, 4) is 0 Å². The summed E-state index contributed by atoms with van der Waals surface area (Å²) in [6, 6.07) is 0.814. The summed E-state index contributed by atoms with van der Waals surface area (Å²) in [5, 5.41) is 3.73. The third kappa shape index (κ3) is 4.12. The highest BCUT2D eigenvalue weighted by Gasteiger charge is 2.24. The molecule has 0 atom stereocenters. The zero-order valence-corrected chi connectivity index (χ0v) is 10.3. The maximum absolute atomic E-state index is 3.73. The van der Waals surface area contributed by atoms with E-state index in [1.54, 1.807) is 0 Å². The van der Waals surface area contributed by atoms with Crippen LogP contribution in [-0.4, -0.2) is 37.1 Å². The summed E-state index contributed by atoms with van der Waals surface area (Å²) in [6.07, 6.45) is 5.66. The molecule has 2 rings (SSSR count). The third-order valence-electron chi connectivity index (χ3n) is 3.60. The average molecular weight is 210 g/mol. The SMILES string of the molecule is CC(C)CN1CCC(NCC2CC2)CC1. The summed E-state index contributed by atoms with van der Waals surface area (Å²) < 4.78 is 0. The molecule has 0 aromatic rings. The molecule has 2 aliphatic rings. The molecule has 1 saturated carbocycles. The summed E-state index contributed by atoms with van der Waals surface area (Å²) in [5.74, 6) is 1.85. The van der Waals surface area contributed by atoms with Gasteiger partial charge in [0.2, 0.25) is 0 Å². The van der Waals surface area contributed by atoms with Gasteiger partial charge in [0.05, 0.1) is 0 Å². The Morgan fingerprint density at radius 3 is 2.33 bits per heavy atom. The third-order valence-corrected chi connectivity index (χ3v) is 3.60. The lowest BCUT2D eigenvalue weighted by Crippen LogP contribution is -2.44. The molecule has 1 heterocycles. The van der Waals surface area contributed by atoms with Gasteiger partial charge < -0.3 is 10.2 Å². The fourth-order valence-corrected chi connectivity index (χ4v) is 2.49. The van der Waals surface area contributed by atoms with Crippen LogP contribution in [0.5, 0.6) is 0 Å². The van der Waals surface area contributed by atoms with Gasteiger partial charge in [-0.05, 0) is 57.2 Å². The minimum atomic E-state index is 0.814. The van der Waals surface area contributed by atoms with Crippen LogP contribution >= 0.6 is 0 Å². The molecule has 2 nitrogen and oxygen atoms in total. The van der Waals surface area contributed by atoms with Gasteiger partial charge >= 0.3 is 0 Å². The van der Waals surface area contributed by atoms with E-state index in [0.29, 0.717) is 0 Å². The first kappa shape index (κ1) is 11.4. The lowest BCUT2D eigenvalue weighted by atomic mass is 10.0. The van der Waals surface area contributed by atoms with Crippen LogP contribution in [0.15, 0.2) is 0 Å². The Kier molecular flexibility index (Phi) is 4.04. The predicted octanol–water partition coefficient (Wildman–Crippen LogP) is 2.11. The van der Waals surface area contributed by atoms with E-state index in [1.165, 1.54) is 51.9 Å². The monoisotopic (exact) mass is 210 g/mol. The maximum atomic E-state index is 3.73. The summed E-state index contributed by atoms with van der Waals surface area (Å²) in [6.45, 7) is 9.82. The summed E-state index contributed by atoms with van der Waals surface area (Å²) >= 11 is 0. The highest BCUT2D eigenvalue weighted by atomic mass is 15.1. The van der Waals surface area contributed by atoms with Gasteiger partial charge in [-0.15, -0.1) is 0 Å². The van der Waals surface area contributed by atoms with Gasteiger partial charge in [0.25, 0.3) is 0 Å². The van der Waals surface area contributed by atoms with Crippen LogP contribution in [0, 0.1) is 11.8 Å². The molecule has 0 spiro atoms. The normalized spacial score (nSPS) is 25.0. The molecule has 1 aliphatic heterocycles. The van der Waals surface area contributed by atoms with Gasteiger partial charge in [-0.1, -0.05) is 13.8 Å². The molecule has 2 fully saturated rings. The van der Waals surface area contributed by atoms with Crippen LogP contribution in [0.1, 0.15) is 39.5 Å². The lowest BCUT2D eigenvalue weighted by Gasteiger charge is -2.33. The number of rotatable bonds is 5. The van der Waals surface area contributed by atoms with E-state index in [2.05, 4.69) is 24.1 Å². The Balaban J connectivity index is 1.58. The van der Waals surface area contributed by atoms with E-state index in [4.69, 9.17) is 0 Å². The standard InChI is InChI=1S/C13H26N2/c1-11(2)10-15-7-5-13(6-8-15)14-9-12-3-4-12/h11-14H,3-10H2,1-2H3. The van der Waals surface area contributed by atoms with Crippen molar-refractivity contribution < 1.29 is 0 Å². The van der Waals surface area contributed by atoms with Crippen molar-refractivity contribution in [2.24, 2.45) is 11.8 Å². The molecule has 0 bridgehead atoms. The number of nitrogens with zero attached hydrogens (tertiary/aromatic N) is 1. The van der Waals surface area contributed by atoms with Gasteiger partial charge in [-0.3, -0.25) is 0 Å². The molecule has 0 unspecified atom stereocenters. The van der Waals surface area contributed by atoms with Crippen LogP contribution in [0.3, 0.4) is 0 Å². The van der Waals surface area contributed by atoms with Crippen LogP contribution in [0.25, 0.3) is 0 Å². The molecule has 1 saturated heterocycles. The van der Waals surface area contributed by atoms with Gasteiger partial charge in [0, 0.05) is 12.6 Å². The van der Waals surface area contributed by atoms with E-state index < -0.39 is 0 Å². The number of likely N-dealkylation sites (tertiary alicyclic amines) is 1. The van der Waals surface area contributed by atoms with E-state index in [9.17, 15) is 0 Å². The predicted molar refractivity (Wildman–Crippen MR) is 65.0 cm³/mol. The quantitative estimate of drug-likeness (QED) is 0.747. The number of hydrogen-bond acceptors (Lipinski definition) is 2. The maximum Gasteiger partial charge on any atom is 0.00915 e. The zero-order valence-electron chi connectivity index (χ0n) is 10.3. The highest BCUT2D eigenvalue weighted by molar-refractivity contribution is 4.81. The molecule has 1 aliphatic carbocycles. The largest absolute Gasteiger partial charge is 0.314 e. The van der Waals surface area contributed by atoms with Crippen LogP contribution in [-0.2, 0) is 0 Å². The van der Waals surface area contributed by atoms with E-state index in [0.717, 1.165) is 17.9 Å². The summed E-state index contributed by atoms with van der Waals surface area (Å²) in [4.78, 5) is 2.62. The molecular formula is C13H26N2. The molecule has 0 amide bonds. The van der Waals surface area contributed by atoms with Crippen molar-refractivity contribution in [1.82, 2.24) is 10.2 Å². The zero-order chi connectivity index (χ0) is 10.7. The van der Waals surface area contributed by atoms with E-state index >= 15 is 0 Å². The Labute approximate surface area is 94.4 Å². The first-order chi connectivity index (χ1) is 7.24. The molecule has 15 heavy (non-hydrogen) atoms. The molecule has 0 aromatic heterocycles. The minimum Gasteiger partial charge on any atom is -0.314 e. The second kappa shape index (κ2) is 5.31. The molecule has 1 N–H and O–H groups in total. The Morgan fingerprint density at radius 2 is 1.80 bits per heavy atom. The van der Waals surface area contributed by atoms with Crippen molar-refractivity contribution in [2.45, 2.75) is 45.6 Å². The topological polar surface area (TPSA) is 15.3 Å². The highest BCUT2D eigenvalue weighted by Crippen LogP contribution is 2.28. The number of nitrogens with one attached hydrogen (secondary N) is 1. The molecular weight excluding hydrogens is 184 g/mol. The van der Waals surface area contributed by atoms with Gasteiger partial charge in [0.15, 0.2) is 0 Å². The Bertz CT molecular complexity index is 179. The molecule has 0 radical (unpaired) electrons. The minimum absolute atomic E-state index is 0.814. The van der Waals surface area contributed by atoms with Crippen molar-refractivity contribution in [3.63, 3.8) is 0 Å². The lowest BCUT2D eigenvalue weighted by molar-refractivity contribution is 0.179. The Hall–Kier alpha value is -0.0800. The second-order valence-electron chi connectivity index (χ2n) is 5.82. The van der Waals surface area contributed by atoms with Gasteiger partial charge in [-0.2, -0.15) is 0 Å². The van der Waals surface area contributed by atoms with Crippen LogP contribution in [0.2, 0.25) is 0 Å². The van der Waals surface area contributed by atoms with Crippen LogP contribution in [0.4, 0.5) is 0 Å². The molecule has 88 valence electrons. The van der Waals surface area contributed by atoms with Crippen molar-refractivity contribution in [3.05, 3.63) is 0 Å². The van der Waals surface area contributed by atoms with Crippen LogP contribution < -0.4 is 5.32 Å². The smallest absolute Gasteiger partial charge is 0.00915 e. The van der Waals surface area contributed by atoms with Gasteiger partial charge in [0.1, 0.15) is 0 Å². The number of hydrogen-bond donors (Lipinski definition) is 1. The van der Waals surface area contributed by atoms with Crippen molar-refractivity contribution in [2.75, 3.05) is 26.2 Å². The Morgan fingerprint density at radius 1 is 1.13 bits per heavy atom. The fourth-order valence-electron chi connectivity index (χ4n) is 2.49. The second-order valence-corrected chi connectivity index (χ2v) is 5.82. The van der Waals surface area contributed by atoms with Crippen molar-refractivity contribution in [1.29, 1.82) is 0 Å². The van der Waals surface area contributed by atoms with Gasteiger partial charge in [-0.25, -0.2) is 0 Å². The first-order valence-electron chi connectivity index (χ1n) is 6.70. The molecule has 2 heteroatoms. The number of piperidine rings is 1. The average Bonchev–Trinajstić information content (AvgIpc) is 2.99.